The molecular weight excluding hydrogens is 518 g/mol. The van der Waals surface area contributed by atoms with Crippen LogP contribution in [0.4, 0.5) is 0 Å². The van der Waals surface area contributed by atoms with E-state index in [9.17, 15) is 4.79 Å². The summed E-state index contributed by atoms with van der Waals surface area (Å²) in [5, 5.41) is 3.68. The van der Waals surface area contributed by atoms with Gasteiger partial charge in [-0.15, -0.1) is 0 Å². The van der Waals surface area contributed by atoms with Crippen molar-refractivity contribution in [3.63, 3.8) is 0 Å². The van der Waals surface area contributed by atoms with Gasteiger partial charge in [0.1, 0.15) is 5.75 Å². The molecular formula is C37H55N3O2. The highest BCUT2D eigenvalue weighted by Crippen LogP contribution is 2.40. The highest BCUT2D eigenvalue weighted by Gasteiger charge is 2.39. The van der Waals surface area contributed by atoms with Crippen molar-refractivity contribution in [1.29, 1.82) is 0 Å². The monoisotopic (exact) mass is 573 g/mol. The highest BCUT2D eigenvalue weighted by atomic mass is 16.5. The second kappa shape index (κ2) is 14.5. The molecule has 0 spiro atoms. The molecule has 5 nitrogen and oxygen atoms in total. The fraction of sp³-hybridized carbons (Fsp3) is 0.649. The van der Waals surface area contributed by atoms with Gasteiger partial charge < -0.3 is 15.0 Å². The molecule has 1 aliphatic carbocycles. The first kappa shape index (κ1) is 31.2. The van der Waals surface area contributed by atoms with Crippen molar-refractivity contribution in [2.45, 2.75) is 116 Å². The standard InChI is InChI=1S/C37H55N3O2/c1-28(2)42-34-13-8-10-31(25-34)26-36(41)35-27-37(16-9-18-38-35,32-15-14-29(3)30(4)24-32)17-19-39-20-22-40(23-21-39)33-11-6-5-7-12-33/h8,10,13-15,24-25,28,33,35,38H,5-7,9,11-12,16-23,26-27H2,1-4H3. The molecule has 2 aromatic rings. The maximum atomic E-state index is 13.9. The van der Waals surface area contributed by atoms with E-state index in [1.54, 1.807) is 0 Å². The zero-order chi connectivity index (χ0) is 29.5. The predicted octanol–water partition coefficient (Wildman–Crippen LogP) is 6.62. The smallest absolute Gasteiger partial charge is 0.154 e. The minimum Gasteiger partial charge on any atom is -0.491 e. The van der Waals surface area contributed by atoms with Crippen LogP contribution >= 0.6 is 0 Å². The Morgan fingerprint density at radius 1 is 0.976 bits per heavy atom. The number of ketones is 1. The van der Waals surface area contributed by atoms with Gasteiger partial charge in [-0.3, -0.25) is 9.69 Å². The van der Waals surface area contributed by atoms with Crippen LogP contribution in [0.15, 0.2) is 42.5 Å². The van der Waals surface area contributed by atoms with Crippen molar-refractivity contribution in [3.8, 4) is 5.75 Å². The van der Waals surface area contributed by atoms with Gasteiger partial charge in [0.25, 0.3) is 0 Å². The normalized spacial score (nSPS) is 24.9. The van der Waals surface area contributed by atoms with Gasteiger partial charge in [0.15, 0.2) is 5.78 Å². The summed E-state index contributed by atoms with van der Waals surface area (Å²) in [6.45, 7) is 15.3. The number of carbonyl (C=O) groups excluding carboxylic acids is 1. The van der Waals surface area contributed by atoms with Crippen LogP contribution in [0.2, 0.25) is 0 Å². The maximum Gasteiger partial charge on any atom is 0.154 e. The van der Waals surface area contributed by atoms with E-state index in [0.29, 0.717) is 12.2 Å². The third kappa shape index (κ3) is 8.03. The Hall–Kier alpha value is -2.21. The molecule has 3 aliphatic rings. The van der Waals surface area contributed by atoms with Gasteiger partial charge in [-0.25, -0.2) is 0 Å². The quantitative estimate of drug-likeness (QED) is 0.346. The Bertz CT molecular complexity index is 1170. The van der Waals surface area contributed by atoms with Gasteiger partial charge >= 0.3 is 0 Å². The van der Waals surface area contributed by atoms with Gasteiger partial charge in [0.05, 0.1) is 12.1 Å². The Morgan fingerprint density at radius 2 is 1.76 bits per heavy atom. The third-order valence-corrected chi connectivity index (χ3v) is 10.4. The average molecular weight is 574 g/mol. The number of hydrogen-bond donors (Lipinski definition) is 1. The number of benzene rings is 2. The zero-order valence-corrected chi connectivity index (χ0v) is 26.8. The van der Waals surface area contributed by atoms with Crippen LogP contribution in [0.25, 0.3) is 0 Å². The first-order chi connectivity index (χ1) is 20.3. The van der Waals surface area contributed by atoms with Gasteiger partial charge in [0.2, 0.25) is 0 Å². The first-order valence-corrected chi connectivity index (χ1v) is 16.9. The number of ether oxygens (including phenoxy) is 1. The van der Waals surface area contributed by atoms with Crippen LogP contribution in [0.3, 0.4) is 0 Å². The lowest BCUT2D eigenvalue weighted by Gasteiger charge is -2.42. The number of rotatable bonds is 10. The summed E-state index contributed by atoms with van der Waals surface area (Å²) in [5.74, 6) is 1.14. The minimum atomic E-state index is -0.132. The molecule has 1 saturated carbocycles. The summed E-state index contributed by atoms with van der Waals surface area (Å²) < 4.78 is 5.91. The second-order valence-electron chi connectivity index (χ2n) is 13.8. The van der Waals surface area contributed by atoms with Gasteiger partial charge in [-0.1, -0.05) is 49.6 Å². The molecule has 0 radical (unpaired) electrons. The molecule has 2 aliphatic heterocycles. The molecule has 42 heavy (non-hydrogen) atoms. The lowest BCUT2D eigenvalue weighted by molar-refractivity contribution is -0.120. The molecule has 5 rings (SSSR count). The average Bonchev–Trinajstić information content (AvgIpc) is 3.22. The maximum absolute atomic E-state index is 13.9. The molecule has 2 saturated heterocycles. The van der Waals surface area contributed by atoms with Crippen LogP contribution in [0, 0.1) is 13.8 Å². The lowest BCUT2D eigenvalue weighted by Crippen LogP contribution is -2.51. The molecule has 0 aromatic heterocycles. The summed E-state index contributed by atoms with van der Waals surface area (Å²) in [5.41, 5.74) is 5.17. The van der Waals surface area contributed by atoms with Crippen molar-refractivity contribution in [3.05, 3.63) is 64.7 Å². The number of nitrogens with one attached hydrogen (secondary N) is 1. The van der Waals surface area contributed by atoms with E-state index in [1.165, 1.54) is 75.0 Å². The van der Waals surface area contributed by atoms with E-state index in [-0.39, 0.29) is 17.6 Å². The van der Waals surface area contributed by atoms with Crippen molar-refractivity contribution < 1.29 is 9.53 Å². The molecule has 3 fully saturated rings. The van der Waals surface area contributed by atoms with E-state index in [2.05, 4.69) is 53.2 Å². The van der Waals surface area contributed by atoms with E-state index >= 15 is 0 Å². The third-order valence-electron chi connectivity index (χ3n) is 10.4. The van der Waals surface area contributed by atoms with E-state index in [0.717, 1.165) is 56.1 Å². The summed E-state index contributed by atoms with van der Waals surface area (Å²) in [6, 6.07) is 15.9. The molecule has 0 bridgehead atoms. The Morgan fingerprint density at radius 3 is 2.50 bits per heavy atom. The summed E-state index contributed by atoms with van der Waals surface area (Å²) >= 11 is 0. The number of piperazine rings is 1. The molecule has 2 unspecified atom stereocenters. The van der Waals surface area contributed by atoms with Crippen LogP contribution < -0.4 is 10.1 Å². The Balaban J connectivity index is 1.29. The van der Waals surface area contributed by atoms with E-state index < -0.39 is 0 Å². The van der Waals surface area contributed by atoms with Crippen molar-refractivity contribution in [1.82, 2.24) is 15.1 Å². The minimum absolute atomic E-state index is 0.00535. The fourth-order valence-electron chi connectivity index (χ4n) is 7.70. The number of carbonyl (C=O) groups is 1. The van der Waals surface area contributed by atoms with Crippen molar-refractivity contribution in [2.75, 3.05) is 39.3 Å². The van der Waals surface area contributed by atoms with Crippen LogP contribution in [0.5, 0.6) is 5.75 Å². The number of hydrogen-bond acceptors (Lipinski definition) is 5. The van der Waals surface area contributed by atoms with Crippen LogP contribution in [0.1, 0.15) is 93.9 Å². The highest BCUT2D eigenvalue weighted by molar-refractivity contribution is 5.86. The largest absolute Gasteiger partial charge is 0.491 e. The van der Waals surface area contributed by atoms with E-state index in [4.69, 9.17) is 4.74 Å². The summed E-state index contributed by atoms with van der Waals surface area (Å²) in [7, 11) is 0. The summed E-state index contributed by atoms with van der Waals surface area (Å²) in [4.78, 5) is 19.4. The number of nitrogens with zero attached hydrogens (tertiary/aromatic N) is 2. The molecule has 2 heterocycles. The molecule has 2 aromatic carbocycles. The van der Waals surface area contributed by atoms with Gasteiger partial charge in [-0.2, -0.15) is 0 Å². The lowest BCUT2D eigenvalue weighted by atomic mass is 9.69. The number of aryl methyl sites for hydroxylation is 2. The van der Waals surface area contributed by atoms with E-state index in [1.807, 2.05) is 32.0 Å². The van der Waals surface area contributed by atoms with Crippen LogP contribution in [-0.4, -0.2) is 73.0 Å². The zero-order valence-electron chi connectivity index (χ0n) is 26.8. The molecule has 0 amide bonds. The molecule has 2 atom stereocenters. The van der Waals surface area contributed by atoms with Gasteiger partial charge in [0, 0.05) is 38.6 Å². The Labute approximate surface area is 255 Å². The summed E-state index contributed by atoms with van der Waals surface area (Å²) in [6.07, 6.45) is 11.8. The van der Waals surface area contributed by atoms with Crippen molar-refractivity contribution >= 4 is 5.78 Å². The topological polar surface area (TPSA) is 44.8 Å². The molecule has 230 valence electrons. The van der Waals surface area contributed by atoms with Gasteiger partial charge in [-0.05, 0) is 119 Å². The second-order valence-corrected chi connectivity index (χ2v) is 13.8. The fourth-order valence-corrected chi connectivity index (χ4v) is 7.70. The SMILES string of the molecule is Cc1ccc(C2(CCN3CCN(C4CCCCC4)CC3)CCCNC(C(=O)Cc3cccc(OC(C)C)c3)C2)cc1C. The van der Waals surface area contributed by atoms with Crippen LogP contribution in [-0.2, 0) is 16.6 Å². The number of Topliss-reactive ketones (excluding diaryl/α,β-unsaturated/α-hetero) is 1. The first-order valence-electron chi connectivity index (χ1n) is 16.9. The predicted molar refractivity (Wildman–Crippen MR) is 174 cm³/mol. The Kier molecular flexibility index (Phi) is 10.8. The molecule has 1 N–H and O–H groups in total. The van der Waals surface area contributed by atoms with Crippen molar-refractivity contribution in [2.24, 2.45) is 0 Å². The molecule has 5 heteroatoms.